The molecule has 1 heterocycles. The van der Waals surface area contributed by atoms with Crippen LogP contribution >= 0.6 is 23.7 Å². The lowest BCUT2D eigenvalue weighted by Crippen LogP contribution is -2.20. The van der Waals surface area contributed by atoms with Crippen LogP contribution in [0.25, 0.3) is 10.2 Å². The fourth-order valence-electron chi connectivity index (χ4n) is 1.64. The maximum absolute atomic E-state index is 4.60. The van der Waals surface area contributed by atoms with Crippen LogP contribution in [0.1, 0.15) is 11.1 Å². The standard InChI is InChI=1S/C13H19N3S.ClH/c1-9-7-11-12(8-10(9)2)17-13(15-11)14-5-6-16(3)4;/h7-8H,5-6H2,1-4H3,(H,14,15);1H. The van der Waals surface area contributed by atoms with E-state index in [0.717, 1.165) is 23.7 Å². The first-order chi connectivity index (χ1) is 8.06. The van der Waals surface area contributed by atoms with Gasteiger partial charge in [-0.1, -0.05) is 11.3 Å². The Morgan fingerprint density at radius 3 is 2.56 bits per heavy atom. The molecule has 18 heavy (non-hydrogen) atoms. The zero-order valence-corrected chi connectivity index (χ0v) is 12.9. The lowest BCUT2D eigenvalue weighted by atomic mass is 10.1. The number of fused-ring (bicyclic) bond motifs is 1. The van der Waals surface area contributed by atoms with E-state index in [1.165, 1.54) is 15.8 Å². The molecular formula is C13H20ClN3S. The number of anilines is 1. The third-order valence-electron chi connectivity index (χ3n) is 2.84. The second-order valence-electron chi connectivity index (χ2n) is 4.65. The smallest absolute Gasteiger partial charge is 0.183 e. The third kappa shape index (κ3) is 3.57. The van der Waals surface area contributed by atoms with Gasteiger partial charge in [-0.05, 0) is 51.2 Å². The average molecular weight is 286 g/mol. The number of nitrogens with one attached hydrogen (secondary N) is 1. The maximum atomic E-state index is 4.60. The number of thiazole rings is 1. The number of nitrogens with zero attached hydrogens (tertiary/aromatic N) is 2. The second-order valence-corrected chi connectivity index (χ2v) is 5.68. The van der Waals surface area contributed by atoms with Crippen LogP contribution in [0.3, 0.4) is 0 Å². The Labute approximate surface area is 119 Å². The van der Waals surface area contributed by atoms with Crippen molar-refractivity contribution in [1.82, 2.24) is 9.88 Å². The zero-order chi connectivity index (χ0) is 12.4. The lowest BCUT2D eigenvalue weighted by Gasteiger charge is -2.08. The van der Waals surface area contributed by atoms with E-state index in [4.69, 9.17) is 0 Å². The van der Waals surface area contributed by atoms with Crippen molar-refractivity contribution >= 4 is 39.1 Å². The predicted molar refractivity (Wildman–Crippen MR) is 83.4 cm³/mol. The van der Waals surface area contributed by atoms with E-state index in [0.29, 0.717) is 0 Å². The number of rotatable bonds is 4. The van der Waals surface area contributed by atoms with E-state index in [1.807, 2.05) is 0 Å². The average Bonchev–Trinajstić information content (AvgIpc) is 2.60. The molecule has 0 aliphatic heterocycles. The molecule has 1 aromatic heterocycles. The Balaban J connectivity index is 0.00000162. The minimum Gasteiger partial charge on any atom is -0.360 e. The van der Waals surface area contributed by atoms with Gasteiger partial charge in [0, 0.05) is 13.1 Å². The molecule has 0 radical (unpaired) electrons. The largest absolute Gasteiger partial charge is 0.360 e. The SMILES string of the molecule is Cc1cc2nc(NCCN(C)C)sc2cc1C.Cl. The summed E-state index contributed by atoms with van der Waals surface area (Å²) in [6, 6.07) is 4.39. The molecule has 0 amide bonds. The van der Waals surface area contributed by atoms with Gasteiger partial charge in [0.1, 0.15) is 0 Å². The van der Waals surface area contributed by atoms with Crippen LogP contribution < -0.4 is 5.32 Å². The Hall–Kier alpha value is -0.840. The third-order valence-corrected chi connectivity index (χ3v) is 3.82. The van der Waals surface area contributed by atoms with E-state index in [9.17, 15) is 0 Å². The van der Waals surface area contributed by atoms with Gasteiger partial charge in [-0.3, -0.25) is 0 Å². The fourth-order valence-corrected chi connectivity index (χ4v) is 2.61. The molecule has 0 fully saturated rings. The molecule has 2 aromatic rings. The summed E-state index contributed by atoms with van der Waals surface area (Å²) < 4.78 is 1.26. The van der Waals surface area contributed by atoms with E-state index in [-0.39, 0.29) is 12.4 Å². The van der Waals surface area contributed by atoms with Crippen molar-refractivity contribution < 1.29 is 0 Å². The number of likely N-dealkylation sites (N-methyl/N-ethyl adjacent to an activating group) is 1. The first-order valence-corrected chi connectivity index (χ1v) is 6.64. The van der Waals surface area contributed by atoms with Gasteiger partial charge in [0.2, 0.25) is 0 Å². The Kier molecular flexibility index (Phi) is 5.38. The Morgan fingerprint density at radius 1 is 1.22 bits per heavy atom. The summed E-state index contributed by atoms with van der Waals surface area (Å²) in [5, 5.41) is 4.39. The van der Waals surface area contributed by atoms with Gasteiger partial charge in [-0.15, -0.1) is 12.4 Å². The number of hydrogen-bond donors (Lipinski definition) is 1. The molecule has 0 aliphatic rings. The summed E-state index contributed by atoms with van der Waals surface area (Å²) in [6.07, 6.45) is 0. The zero-order valence-electron chi connectivity index (χ0n) is 11.3. The topological polar surface area (TPSA) is 28.2 Å². The van der Waals surface area contributed by atoms with Gasteiger partial charge in [-0.25, -0.2) is 4.98 Å². The normalized spacial score (nSPS) is 10.7. The van der Waals surface area contributed by atoms with Crippen molar-refractivity contribution in [3.05, 3.63) is 23.3 Å². The lowest BCUT2D eigenvalue weighted by molar-refractivity contribution is 0.425. The van der Waals surface area contributed by atoms with Crippen LogP contribution in [0.2, 0.25) is 0 Å². The molecule has 0 unspecified atom stereocenters. The molecular weight excluding hydrogens is 266 g/mol. The van der Waals surface area contributed by atoms with Crippen molar-refractivity contribution in [3.8, 4) is 0 Å². The van der Waals surface area contributed by atoms with E-state index in [1.54, 1.807) is 11.3 Å². The highest BCUT2D eigenvalue weighted by Crippen LogP contribution is 2.28. The maximum Gasteiger partial charge on any atom is 0.183 e. The number of aromatic nitrogens is 1. The van der Waals surface area contributed by atoms with Crippen molar-refractivity contribution in [2.75, 3.05) is 32.5 Å². The van der Waals surface area contributed by atoms with Crippen LogP contribution in [0.4, 0.5) is 5.13 Å². The van der Waals surface area contributed by atoms with Crippen molar-refractivity contribution in [1.29, 1.82) is 0 Å². The first kappa shape index (κ1) is 15.2. The number of benzene rings is 1. The number of hydrogen-bond acceptors (Lipinski definition) is 4. The summed E-state index contributed by atoms with van der Waals surface area (Å²) in [5.41, 5.74) is 3.74. The summed E-state index contributed by atoms with van der Waals surface area (Å²) in [6.45, 7) is 6.24. The van der Waals surface area contributed by atoms with Crippen molar-refractivity contribution in [3.63, 3.8) is 0 Å². The van der Waals surface area contributed by atoms with Gasteiger partial charge < -0.3 is 10.2 Å². The highest BCUT2D eigenvalue weighted by Gasteiger charge is 2.05. The molecule has 3 nitrogen and oxygen atoms in total. The molecule has 2 rings (SSSR count). The van der Waals surface area contributed by atoms with Gasteiger partial charge in [0.15, 0.2) is 5.13 Å². The highest BCUT2D eigenvalue weighted by molar-refractivity contribution is 7.22. The van der Waals surface area contributed by atoms with Gasteiger partial charge >= 0.3 is 0 Å². The predicted octanol–water partition coefficient (Wildman–Crippen LogP) is 3.31. The van der Waals surface area contributed by atoms with Crippen LogP contribution in [-0.2, 0) is 0 Å². The number of aryl methyl sites for hydroxylation is 2. The minimum absolute atomic E-state index is 0. The summed E-state index contributed by atoms with van der Waals surface area (Å²) >= 11 is 1.73. The van der Waals surface area contributed by atoms with E-state index < -0.39 is 0 Å². The second kappa shape index (κ2) is 6.36. The molecule has 0 saturated heterocycles. The van der Waals surface area contributed by atoms with Gasteiger partial charge in [0.25, 0.3) is 0 Å². The molecule has 0 spiro atoms. The van der Waals surface area contributed by atoms with Crippen molar-refractivity contribution in [2.24, 2.45) is 0 Å². The molecule has 1 N–H and O–H groups in total. The first-order valence-electron chi connectivity index (χ1n) is 5.82. The fraction of sp³-hybridized carbons (Fsp3) is 0.462. The van der Waals surface area contributed by atoms with Gasteiger partial charge in [-0.2, -0.15) is 0 Å². The van der Waals surface area contributed by atoms with Crippen LogP contribution in [-0.4, -0.2) is 37.1 Å². The molecule has 0 bridgehead atoms. The monoisotopic (exact) mass is 285 g/mol. The molecule has 0 atom stereocenters. The molecule has 1 aromatic carbocycles. The Bertz CT molecular complexity index is 483. The molecule has 0 saturated carbocycles. The molecule has 0 aliphatic carbocycles. The molecule has 5 heteroatoms. The van der Waals surface area contributed by atoms with Crippen LogP contribution in [0.15, 0.2) is 12.1 Å². The quantitative estimate of drug-likeness (QED) is 0.934. The van der Waals surface area contributed by atoms with Crippen LogP contribution in [0.5, 0.6) is 0 Å². The summed E-state index contributed by atoms with van der Waals surface area (Å²) in [7, 11) is 4.15. The highest BCUT2D eigenvalue weighted by atomic mass is 35.5. The summed E-state index contributed by atoms with van der Waals surface area (Å²) in [4.78, 5) is 6.76. The van der Waals surface area contributed by atoms with Gasteiger partial charge in [0.05, 0.1) is 10.2 Å². The van der Waals surface area contributed by atoms with Crippen molar-refractivity contribution in [2.45, 2.75) is 13.8 Å². The van der Waals surface area contributed by atoms with Crippen LogP contribution in [0, 0.1) is 13.8 Å². The molecule has 100 valence electrons. The Morgan fingerprint density at radius 2 is 1.89 bits per heavy atom. The van der Waals surface area contributed by atoms with E-state index in [2.05, 4.69) is 55.3 Å². The summed E-state index contributed by atoms with van der Waals surface area (Å²) in [5.74, 6) is 0. The minimum atomic E-state index is 0. The number of halogens is 1. The van der Waals surface area contributed by atoms with E-state index >= 15 is 0 Å².